The summed E-state index contributed by atoms with van der Waals surface area (Å²) >= 11 is 0. The minimum atomic E-state index is 0.240. The van der Waals surface area contributed by atoms with Crippen LogP contribution >= 0.6 is 0 Å². The number of morpholine rings is 1. The van der Waals surface area contributed by atoms with Gasteiger partial charge in [-0.15, -0.1) is 0 Å². The Bertz CT molecular complexity index is 523. The number of nitrogens with zero attached hydrogens (tertiary/aromatic N) is 3. The molecular formula is C13H17N3O3. The van der Waals surface area contributed by atoms with Crippen LogP contribution < -0.4 is 0 Å². The summed E-state index contributed by atoms with van der Waals surface area (Å²) in [5.41, 5.74) is 0. The van der Waals surface area contributed by atoms with E-state index < -0.39 is 0 Å². The Labute approximate surface area is 111 Å². The second kappa shape index (κ2) is 5.14. The molecule has 102 valence electrons. The van der Waals surface area contributed by atoms with Crippen molar-refractivity contribution < 1.29 is 13.7 Å². The van der Waals surface area contributed by atoms with Gasteiger partial charge >= 0.3 is 0 Å². The third-order valence-corrected chi connectivity index (χ3v) is 3.28. The topological polar surface area (TPSA) is 64.5 Å². The van der Waals surface area contributed by atoms with Crippen molar-refractivity contribution in [1.29, 1.82) is 0 Å². The van der Waals surface area contributed by atoms with Crippen LogP contribution in [0, 0.1) is 0 Å². The molecule has 6 heteroatoms. The maximum atomic E-state index is 5.60. The SMILES string of the molecule is C[C@H]1CN(Cc2nc(-c3ccco3)no2)[C@@H](C)CO1. The van der Waals surface area contributed by atoms with Crippen LogP contribution in [0.5, 0.6) is 0 Å². The fraction of sp³-hybridized carbons (Fsp3) is 0.538. The van der Waals surface area contributed by atoms with Crippen LogP contribution in [0.1, 0.15) is 19.7 Å². The minimum Gasteiger partial charge on any atom is -0.461 e. The summed E-state index contributed by atoms with van der Waals surface area (Å²) in [5.74, 6) is 1.72. The van der Waals surface area contributed by atoms with E-state index in [9.17, 15) is 0 Å². The lowest BCUT2D eigenvalue weighted by atomic mass is 10.2. The predicted molar refractivity (Wildman–Crippen MR) is 67.3 cm³/mol. The van der Waals surface area contributed by atoms with Crippen LogP contribution in [0.25, 0.3) is 11.6 Å². The highest BCUT2D eigenvalue weighted by atomic mass is 16.5. The van der Waals surface area contributed by atoms with Gasteiger partial charge in [0.15, 0.2) is 5.76 Å². The Hall–Kier alpha value is -1.66. The monoisotopic (exact) mass is 263 g/mol. The molecule has 19 heavy (non-hydrogen) atoms. The van der Waals surface area contributed by atoms with Gasteiger partial charge in [0.1, 0.15) is 0 Å². The van der Waals surface area contributed by atoms with E-state index in [4.69, 9.17) is 13.7 Å². The Morgan fingerprint density at radius 2 is 2.32 bits per heavy atom. The van der Waals surface area contributed by atoms with E-state index in [-0.39, 0.29) is 6.10 Å². The predicted octanol–water partition coefficient (Wildman–Crippen LogP) is 1.94. The van der Waals surface area contributed by atoms with Gasteiger partial charge in [-0.1, -0.05) is 5.16 Å². The van der Waals surface area contributed by atoms with E-state index in [1.165, 1.54) is 0 Å². The van der Waals surface area contributed by atoms with Crippen LogP contribution in [0.4, 0.5) is 0 Å². The lowest BCUT2D eigenvalue weighted by Crippen LogP contribution is -2.46. The van der Waals surface area contributed by atoms with Gasteiger partial charge in [0, 0.05) is 12.6 Å². The first-order valence-corrected chi connectivity index (χ1v) is 6.44. The average molecular weight is 263 g/mol. The molecule has 3 heterocycles. The van der Waals surface area contributed by atoms with Crippen LogP contribution in [-0.2, 0) is 11.3 Å². The maximum Gasteiger partial charge on any atom is 0.241 e. The standard InChI is InChI=1S/C13H17N3O3/c1-9-8-18-10(2)6-16(9)7-12-14-13(15-19-12)11-4-3-5-17-11/h3-5,9-10H,6-8H2,1-2H3/t9-,10-/m0/s1. The molecule has 6 nitrogen and oxygen atoms in total. The lowest BCUT2D eigenvalue weighted by molar-refractivity contribution is -0.0555. The number of furan rings is 1. The fourth-order valence-electron chi connectivity index (χ4n) is 2.19. The summed E-state index contributed by atoms with van der Waals surface area (Å²) in [6, 6.07) is 3.97. The number of ether oxygens (including phenoxy) is 1. The number of hydrogen-bond acceptors (Lipinski definition) is 6. The maximum absolute atomic E-state index is 5.60. The van der Waals surface area contributed by atoms with Crippen LogP contribution in [0.15, 0.2) is 27.3 Å². The Morgan fingerprint density at radius 1 is 1.42 bits per heavy atom. The van der Waals surface area contributed by atoms with Crippen molar-refractivity contribution in [3.8, 4) is 11.6 Å². The summed E-state index contributed by atoms with van der Waals surface area (Å²) < 4.78 is 16.1. The normalized spacial score (nSPS) is 24.7. The molecule has 0 radical (unpaired) electrons. The van der Waals surface area contributed by atoms with E-state index in [2.05, 4.69) is 28.9 Å². The second-order valence-corrected chi connectivity index (χ2v) is 4.91. The van der Waals surface area contributed by atoms with Gasteiger partial charge in [0.05, 0.1) is 25.5 Å². The highest BCUT2D eigenvalue weighted by molar-refractivity contribution is 5.44. The van der Waals surface area contributed by atoms with E-state index in [0.717, 1.165) is 13.2 Å². The molecule has 0 amide bonds. The summed E-state index contributed by atoms with van der Waals surface area (Å²) in [4.78, 5) is 6.64. The van der Waals surface area contributed by atoms with Gasteiger partial charge < -0.3 is 13.7 Å². The van der Waals surface area contributed by atoms with Gasteiger partial charge in [0.25, 0.3) is 0 Å². The number of aromatic nitrogens is 2. The van der Waals surface area contributed by atoms with Crippen molar-refractivity contribution in [2.45, 2.75) is 32.5 Å². The minimum absolute atomic E-state index is 0.240. The molecule has 1 aliphatic heterocycles. The second-order valence-electron chi connectivity index (χ2n) is 4.91. The molecule has 3 rings (SSSR count). The van der Waals surface area contributed by atoms with Crippen LogP contribution in [0.3, 0.4) is 0 Å². The highest BCUT2D eigenvalue weighted by Crippen LogP contribution is 2.18. The van der Waals surface area contributed by atoms with E-state index in [1.54, 1.807) is 12.3 Å². The quantitative estimate of drug-likeness (QED) is 0.843. The van der Waals surface area contributed by atoms with E-state index >= 15 is 0 Å². The lowest BCUT2D eigenvalue weighted by Gasteiger charge is -2.35. The zero-order valence-electron chi connectivity index (χ0n) is 11.1. The Morgan fingerprint density at radius 3 is 3.11 bits per heavy atom. The molecular weight excluding hydrogens is 246 g/mol. The molecule has 0 N–H and O–H groups in total. The molecule has 1 saturated heterocycles. The molecule has 2 atom stereocenters. The van der Waals surface area contributed by atoms with Crippen molar-refractivity contribution in [3.63, 3.8) is 0 Å². The third kappa shape index (κ3) is 2.69. The molecule has 1 fully saturated rings. The van der Waals surface area contributed by atoms with E-state index in [0.29, 0.717) is 30.1 Å². The van der Waals surface area contributed by atoms with Gasteiger partial charge in [-0.25, -0.2) is 0 Å². The number of rotatable bonds is 3. The smallest absolute Gasteiger partial charge is 0.241 e. The average Bonchev–Trinajstić information content (AvgIpc) is 3.04. The Balaban J connectivity index is 1.70. The molecule has 0 spiro atoms. The molecule has 2 aromatic rings. The highest BCUT2D eigenvalue weighted by Gasteiger charge is 2.25. The largest absolute Gasteiger partial charge is 0.461 e. The Kier molecular flexibility index (Phi) is 3.35. The summed E-state index contributed by atoms with van der Waals surface area (Å²) in [5, 5.41) is 3.93. The van der Waals surface area contributed by atoms with Crippen molar-refractivity contribution in [1.82, 2.24) is 15.0 Å². The first-order chi connectivity index (χ1) is 9.22. The van der Waals surface area contributed by atoms with Gasteiger partial charge in [-0.3, -0.25) is 4.90 Å². The number of hydrogen-bond donors (Lipinski definition) is 0. The third-order valence-electron chi connectivity index (χ3n) is 3.28. The van der Waals surface area contributed by atoms with E-state index in [1.807, 2.05) is 6.07 Å². The summed E-state index contributed by atoms with van der Waals surface area (Å²) in [6.07, 6.45) is 1.83. The van der Waals surface area contributed by atoms with Crippen molar-refractivity contribution >= 4 is 0 Å². The first-order valence-electron chi connectivity index (χ1n) is 6.44. The summed E-state index contributed by atoms with van der Waals surface area (Å²) in [7, 11) is 0. The molecule has 0 aromatic carbocycles. The molecule has 0 bridgehead atoms. The van der Waals surface area contributed by atoms with Crippen LogP contribution in [0.2, 0.25) is 0 Å². The van der Waals surface area contributed by atoms with Crippen LogP contribution in [-0.4, -0.2) is 40.3 Å². The summed E-state index contributed by atoms with van der Waals surface area (Å²) in [6.45, 7) is 6.46. The zero-order chi connectivity index (χ0) is 13.2. The van der Waals surface area contributed by atoms with Crippen molar-refractivity contribution in [3.05, 3.63) is 24.3 Å². The molecule has 0 aliphatic carbocycles. The van der Waals surface area contributed by atoms with Gasteiger partial charge in [0.2, 0.25) is 11.7 Å². The van der Waals surface area contributed by atoms with Gasteiger partial charge in [-0.2, -0.15) is 4.98 Å². The molecule has 0 saturated carbocycles. The van der Waals surface area contributed by atoms with Gasteiger partial charge in [-0.05, 0) is 26.0 Å². The zero-order valence-corrected chi connectivity index (χ0v) is 11.1. The molecule has 2 aromatic heterocycles. The van der Waals surface area contributed by atoms with Crippen molar-refractivity contribution in [2.24, 2.45) is 0 Å². The first kappa shape index (κ1) is 12.4. The molecule has 1 aliphatic rings. The fourth-order valence-corrected chi connectivity index (χ4v) is 2.19. The van der Waals surface area contributed by atoms with Crippen molar-refractivity contribution in [2.75, 3.05) is 13.2 Å². The molecule has 0 unspecified atom stereocenters.